The van der Waals surface area contributed by atoms with Gasteiger partial charge in [0.05, 0.1) is 10.5 Å². The Kier molecular flexibility index (Phi) is 6.68. The summed E-state index contributed by atoms with van der Waals surface area (Å²) in [6, 6.07) is 26.0. The summed E-state index contributed by atoms with van der Waals surface area (Å²) in [5.74, 6) is 0.0943. The Labute approximate surface area is 224 Å². The quantitative estimate of drug-likeness (QED) is 0.354. The normalized spacial score (nSPS) is 18.3. The second kappa shape index (κ2) is 10.1. The highest BCUT2D eigenvalue weighted by molar-refractivity contribution is 7.89. The monoisotopic (exact) mass is 527 g/mol. The summed E-state index contributed by atoms with van der Waals surface area (Å²) in [5, 5.41) is 4.17. The topological polar surface area (TPSA) is 60.9 Å². The molecule has 0 N–H and O–H groups in total. The zero-order chi connectivity index (χ0) is 26.3. The Morgan fingerprint density at radius 1 is 0.737 bits per heavy atom. The number of aryl methyl sites for hydroxylation is 1. The Morgan fingerprint density at radius 3 is 1.89 bits per heavy atom. The summed E-state index contributed by atoms with van der Waals surface area (Å²) in [4.78, 5) is 18.7. The van der Waals surface area contributed by atoms with Gasteiger partial charge in [-0.25, -0.2) is 8.42 Å². The fraction of sp³-hybridized carbons (Fsp3) is 0.323. The van der Waals surface area contributed by atoms with E-state index in [1.165, 1.54) is 0 Å². The molecule has 38 heavy (non-hydrogen) atoms. The fourth-order valence-corrected chi connectivity index (χ4v) is 7.82. The maximum absolute atomic E-state index is 13.9. The molecule has 0 saturated carbocycles. The molecular formula is C31H33N3O3S. The van der Waals surface area contributed by atoms with Crippen LogP contribution in [-0.2, 0) is 10.0 Å². The number of carbonyl (C=O) groups excluding carboxylic acids is 1. The summed E-state index contributed by atoms with van der Waals surface area (Å²) in [5.41, 5.74) is 1.58. The van der Waals surface area contributed by atoms with Gasteiger partial charge in [-0.1, -0.05) is 66.7 Å². The molecule has 1 amide bonds. The van der Waals surface area contributed by atoms with Gasteiger partial charge in [0, 0.05) is 45.3 Å². The number of amides is 1. The van der Waals surface area contributed by atoms with Gasteiger partial charge >= 0.3 is 0 Å². The summed E-state index contributed by atoms with van der Waals surface area (Å²) in [6.07, 6.45) is 1.63. The number of benzene rings is 4. The first-order valence-corrected chi connectivity index (χ1v) is 14.9. The third kappa shape index (κ3) is 4.49. The standard InChI is InChI=1S/C31H33N3O3S/c1-23-8-2-7-13-29(23)38(36,37)34-16-14-26(15-17-34)32-18-20-33(21-19-32)31(35)30-27-11-5-3-9-24(27)22-25-10-4-6-12-28(25)30/h2-13,22,26H,14-21H2,1H3. The lowest BCUT2D eigenvalue weighted by atomic mass is 9.95. The first-order chi connectivity index (χ1) is 18.4. The van der Waals surface area contributed by atoms with Crippen molar-refractivity contribution in [3.05, 3.63) is 90.0 Å². The van der Waals surface area contributed by atoms with E-state index < -0.39 is 10.0 Å². The van der Waals surface area contributed by atoms with Crippen LogP contribution in [0.1, 0.15) is 28.8 Å². The Hall–Kier alpha value is -3.26. The van der Waals surface area contributed by atoms with Crippen molar-refractivity contribution in [2.45, 2.75) is 30.7 Å². The van der Waals surface area contributed by atoms with Crippen molar-refractivity contribution in [1.82, 2.24) is 14.1 Å². The van der Waals surface area contributed by atoms with Gasteiger partial charge < -0.3 is 4.90 Å². The molecule has 2 heterocycles. The number of piperazine rings is 1. The van der Waals surface area contributed by atoms with Gasteiger partial charge in [0.1, 0.15) is 0 Å². The smallest absolute Gasteiger partial charge is 0.255 e. The molecule has 0 aromatic heterocycles. The van der Waals surface area contributed by atoms with Crippen LogP contribution >= 0.6 is 0 Å². The minimum absolute atomic E-state index is 0.0943. The van der Waals surface area contributed by atoms with E-state index in [0.717, 1.165) is 58.6 Å². The number of nitrogens with zero attached hydrogens (tertiary/aromatic N) is 3. The number of piperidine rings is 1. The largest absolute Gasteiger partial charge is 0.336 e. The van der Waals surface area contributed by atoms with Crippen LogP contribution in [0.5, 0.6) is 0 Å². The van der Waals surface area contributed by atoms with Crippen LogP contribution in [0.15, 0.2) is 83.8 Å². The summed E-state index contributed by atoms with van der Waals surface area (Å²) in [7, 11) is -3.47. The molecule has 2 saturated heterocycles. The molecule has 4 aromatic rings. The molecule has 6 rings (SSSR count). The highest BCUT2D eigenvalue weighted by atomic mass is 32.2. The van der Waals surface area contributed by atoms with Crippen molar-refractivity contribution in [2.24, 2.45) is 0 Å². The van der Waals surface area contributed by atoms with Crippen molar-refractivity contribution in [3.63, 3.8) is 0 Å². The van der Waals surface area contributed by atoms with Crippen LogP contribution in [0.3, 0.4) is 0 Å². The van der Waals surface area contributed by atoms with Crippen molar-refractivity contribution in [1.29, 1.82) is 0 Å². The van der Waals surface area contributed by atoms with E-state index in [9.17, 15) is 13.2 Å². The van der Waals surface area contributed by atoms with Crippen molar-refractivity contribution < 1.29 is 13.2 Å². The molecule has 2 aliphatic heterocycles. The highest BCUT2D eigenvalue weighted by Crippen LogP contribution is 2.31. The second-order valence-electron chi connectivity index (χ2n) is 10.4. The van der Waals surface area contributed by atoms with E-state index in [2.05, 4.69) is 23.1 Å². The molecule has 196 valence electrons. The van der Waals surface area contributed by atoms with E-state index in [1.807, 2.05) is 60.4 Å². The first-order valence-electron chi connectivity index (χ1n) is 13.4. The molecule has 6 nitrogen and oxygen atoms in total. The number of rotatable bonds is 4. The number of sulfonamides is 1. The number of carbonyl (C=O) groups is 1. The minimum Gasteiger partial charge on any atom is -0.336 e. The Balaban J connectivity index is 1.13. The van der Waals surface area contributed by atoms with Crippen LogP contribution in [0.25, 0.3) is 21.5 Å². The lowest BCUT2D eigenvalue weighted by Gasteiger charge is -2.42. The molecule has 0 aliphatic carbocycles. The van der Waals surface area contributed by atoms with E-state index in [4.69, 9.17) is 0 Å². The maximum atomic E-state index is 13.9. The third-order valence-electron chi connectivity index (χ3n) is 8.24. The predicted octanol–water partition coefficient (Wildman–Crippen LogP) is 4.91. The van der Waals surface area contributed by atoms with Crippen LogP contribution in [0, 0.1) is 6.92 Å². The van der Waals surface area contributed by atoms with E-state index >= 15 is 0 Å². The third-order valence-corrected chi connectivity index (χ3v) is 10.3. The molecule has 0 unspecified atom stereocenters. The Bertz CT molecular complexity index is 1550. The summed E-state index contributed by atoms with van der Waals surface area (Å²) in [6.45, 7) is 5.88. The van der Waals surface area contributed by atoms with Crippen LogP contribution in [0.4, 0.5) is 0 Å². The van der Waals surface area contributed by atoms with Gasteiger partial charge in [-0.2, -0.15) is 4.31 Å². The molecule has 7 heteroatoms. The van der Waals surface area contributed by atoms with Gasteiger partial charge in [0.15, 0.2) is 0 Å². The zero-order valence-electron chi connectivity index (χ0n) is 21.7. The maximum Gasteiger partial charge on any atom is 0.255 e. The SMILES string of the molecule is Cc1ccccc1S(=O)(=O)N1CCC(N2CCN(C(=O)c3c4ccccc4cc4ccccc34)CC2)CC1. The van der Waals surface area contributed by atoms with E-state index in [1.54, 1.807) is 16.4 Å². The highest BCUT2D eigenvalue weighted by Gasteiger charge is 2.34. The van der Waals surface area contributed by atoms with E-state index in [-0.39, 0.29) is 5.91 Å². The predicted molar refractivity (Wildman–Crippen MR) is 152 cm³/mol. The van der Waals surface area contributed by atoms with Gasteiger partial charge in [-0.3, -0.25) is 9.69 Å². The lowest BCUT2D eigenvalue weighted by Crippen LogP contribution is -2.54. The van der Waals surface area contributed by atoms with Crippen LogP contribution in [-0.4, -0.2) is 73.7 Å². The summed E-state index contributed by atoms with van der Waals surface area (Å²) >= 11 is 0. The number of hydrogen-bond donors (Lipinski definition) is 0. The van der Waals surface area contributed by atoms with Crippen molar-refractivity contribution in [3.8, 4) is 0 Å². The number of fused-ring (bicyclic) bond motifs is 2. The molecular weight excluding hydrogens is 494 g/mol. The van der Waals surface area contributed by atoms with Crippen molar-refractivity contribution >= 4 is 37.5 Å². The molecule has 0 radical (unpaired) electrons. The average Bonchev–Trinajstić information content (AvgIpc) is 2.96. The number of hydrogen-bond acceptors (Lipinski definition) is 4. The van der Waals surface area contributed by atoms with Gasteiger partial charge in [0.2, 0.25) is 10.0 Å². The van der Waals surface area contributed by atoms with E-state index in [0.29, 0.717) is 37.1 Å². The molecule has 4 aromatic carbocycles. The molecule has 2 aliphatic rings. The van der Waals surface area contributed by atoms with Crippen LogP contribution < -0.4 is 0 Å². The summed E-state index contributed by atoms with van der Waals surface area (Å²) < 4.78 is 28.0. The first kappa shape index (κ1) is 25.0. The lowest BCUT2D eigenvalue weighted by molar-refractivity contribution is 0.0506. The van der Waals surface area contributed by atoms with Gasteiger partial charge in [-0.15, -0.1) is 0 Å². The van der Waals surface area contributed by atoms with Crippen molar-refractivity contribution in [2.75, 3.05) is 39.3 Å². The molecule has 0 bridgehead atoms. The fourth-order valence-electron chi connectivity index (χ4n) is 6.12. The van der Waals surface area contributed by atoms with Crippen LogP contribution in [0.2, 0.25) is 0 Å². The molecule has 2 fully saturated rings. The minimum atomic E-state index is -3.47. The Morgan fingerprint density at radius 2 is 1.29 bits per heavy atom. The van der Waals surface area contributed by atoms with Gasteiger partial charge in [0.25, 0.3) is 5.91 Å². The van der Waals surface area contributed by atoms with Gasteiger partial charge in [-0.05, 0) is 59.0 Å². The average molecular weight is 528 g/mol. The molecule has 0 spiro atoms. The zero-order valence-corrected chi connectivity index (χ0v) is 22.5. The molecule has 0 atom stereocenters. The second-order valence-corrected chi connectivity index (χ2v) is 12.3.